The monoisotopic (exact) mass is 284 g/mol. The summed E-state index contributed by atoms with van der Waals surface area (Å²) in [6.07, 6.45) is 0. The third kappa shape index (κ3) is 4.38. The normalized spacial score (nSPS) is 12.8. The molecule has 0 spiro atoms. The zero-order chi connectivity index (χ0) is 13.1. The van der Waals surface area contributed by atoms with E-state index in [9.17, 15) is 0 Å². The van der Waals surface area contributed by atoms with E-state index in [2.05, 4.69) is 82.0 Å². The highest BCUT2D eigenvalue weighted by atomic mass is 32.4. The predicted molar refractivity (Wildman–Crippen MR) is 87.6 cm³/mol. The lowest BCUT2D eigenvalue weighted by Gasteiger charge is -2.36. The molecule has 0 bridgehead atoms. The molecule has 1 rings (SSSR count). The Labute approximate surface area is 117 Å². The van der Waals surface area contributed by atoms with Crippen LogP contribution < -0.4 is 0 Å². The number of rotatable bonds is 4. The van der Waals surface area contributed by atoms with Crippen molar-refractivity contribution in [2.45, 2.75) is 50.4 Å². The molecule has 0 aromatic heterocycles. The Kier molecular flexibility index (Phi) is 5.23. The maximum absolute atomic E-state index is 4.33. The van der Waals surface area contributed by atoms with E-state index in [4.69, 9.17) is 0 Å². The van der Waals surface area contributed by atoms with Gasteiger partial charge in [0.1, 0.15) is 7.22 Å². The summed E-state index contributed by atoms with van der Waals surface area (Å²) in [7, 11) is -1.22. The van der Waals surface area contributed by atoms with Gasteiger partial charge in [-0.05, 0) is 16.2 Å². The van der Waals surface area contributed by atoms with Crippen LogP contribution >= 0.6 is 23.8 Å². The second kappa shape index (κ2) is 5.85. The average molecular weight is 285 g/mol. The van der Waals surface area contributed by atoms with Crippen molar-refractivity contribution in [1.29, 1.82) is 0 Å². The van der Waals surface area contributed by atoms with Gasteiger partial charge >= 0.3 is 0 Å². The first-order valence-corrected chi connectivity index (χ1v) is 11.4. The molecule has 0 nitrogen and oxygen atoms in total. The molecule has 17 heavy (non-hydrogen) atoms. The standard InChI is InChI=1S/C14H24S2Si/c1-14(2,3)17(4,5)16-11-13-8-6-7-12(9-13)10-15/h6-9,15H,10-11H2,1-5H3. The molecule has 1 aromatic carbocycles. The molecule has 0 amide bonds. The van der Waals surface area contributed by atoms with E-state index in [1.165, 1.54) is 11.1 Å². The lowest BCUT2D eigenvalue weighted by molar-refractivity contribution is 0.736. The van der Waals surface area contributed by atoms with E-state index in [0.717, 1.165) is 11.5 Å². The van der Waals surface area contributed by atoms with Crippen molar-refractivity contribution < 1.29 is 0 Å². The molecule has 96 valence electrons. The van der Waals surface area contributed by atoms with E-state index >= 15 is 0 Å². The molecule has 0 aliphatic carbocycles. The Morgan fingerprint density at radius 3 is 2.29 bits per heavy atom. The zero-order valence-corrected chi connectivity index (χ0v) is 14.3. The number of benzene rings is 1. The highest BCUT2D eigenvalue weighted by Crippen LogP contribution is 2.44. The van der Waals surface area contributed by atoms with E-state index in [-0.39, 0.29) is 0 Å². The van der Waals surface area contributed by atoms with Crippen molar-refractivity contribution in [3.8, 4) is 0 Å². The summed E-state index contributed by atoms with van der Waals surface area (Å²) in [6, 6.07) is 8.81. The molecule has 0 unspecified atom stereocenters. The van der Waals surface area contributed by atoms with Crippen LogP contribution in [0.25, 0.3) is 0 Å². The van der Waals surface area contributed by atoms with Crippen LogP contribution in [0.4, 0.5) is 0 Å². The highest BCUT2D eigenvalue weighted by Gasteiger charge is 2.35. The lowest BCUT2D eigenvalue weighted by Crippen LogP contribution is -2.33. The molecule has 0 N–H and O–H groups in total. The maximum Gasteiger partial charge on any atom is 0.117 e. The van der Waals surface area contributed by atoms with Gasteiger partial charge in [-0.1, -0.05) is 58.1 Å². The first-order chi connectivity index (χ1) is 7.76. The minimum absolute atomic E-state index is 0.457. The van der Waals surface area contributed by atoms with Gasteiger partial charge in [-0.15, -0.1) is 0 Å². The van der Waals surface area contributed by atoms with Crippen molar-refractivity contribution in [2.75, 3.05) is 0 Å². The second-order valence-corrected chi connectivity index (χ2v) is 15.4. The van der Waals surface area contributed by atoms with Gasteiger partial charge in [0.25, 0.3) is 0 Å². The van der Waals surface area contributed by atoms with Crippen LogP contribution in [0.1, 0.15) is 31.9 Å². The molecule has 0 fully saturated rings. The van der Waals surface area contributed by atoms with Gasteiger partial charge in [0.05, 0.1) is 0 Å². The first-order valence-electron chi connectivity index (χ1n) is 6.09. The molecule has 0 saturated carbocycles. The molecule has 0 atom stereocenters. The minimum Gasteiger partial charge on any atom is -0.180 e. The average Bonchev–Trinajstić information content (AvgIpc) is 2.25. The summed E-state index contributed by atoms with van der Waals surface area (Å²) < 4.78 is 0. The molecule has 0 aliphatic rings. The van der Waals surface area contributed by atoms with Gasteiger partial charge in [-0.25, -0.2) is 0 Å². The number of thiol groups is 1. The van der Waals surface area contributed by atoms with Crippen LogP contribution in [0.5, 0.6) is 0 Å². The summed E-state index contributed by atoms with van der Waals surface area (Å²) in [5.74, 6) is 1.97. The Balaban J connectivity index is 2.67. The summed E-state index contributed by atoms with van der Waals surface area (Å²) in [6.45, 7) is 12.1. The highest BCUT2D eigenvalue weighted by molar-refractivity contribution is 8.28. The molecular weight excluding hydrogens is 260 g/mol. The molecule has 0 radical (unpaired) electrons. The summed E-state index contributed by atoms with van der Waals surface area (Å²) in [5, 5.41) is 0.457. The summed E-state index contributed by atoms with van der Waals surface area (Å²) in [4.78, 5) is 0. The summed E-state index contributed by atoms with van der Waals surface area (Å²) >= 11 is 6.50. The molecular formula is C14H24S2Si. The molecule has 3 heteroatoms. The smallest absolute Gasteiger partial charge is 0.117 e. The first kappa shape index (κ1) is 15.2. The Morgan fingerprint density at radius 1 is 1.18 bits per heavy atom. The fraction of sp³-hybridized carbons (Fsp3) is 0.571. The molecule has 0 heterocycles. The largest absolute Gasteiger partial charge is 0.180 e. The van der Waals surface area contributed by atoms with Crippen LogP contribution in [-0.4, -0.2) is 7.22 Å². The number of hydrogen-bond donors (Lipinski definition) is 1. The topological polar surface area (TPSA) is 0 Å². The van der Waals surface area contributed by atoms with Gasteiger partial charge in [0, 0.05) is 11.5 Å². The SMILES string of the molecule is CC(C)(C)[Si](C)(C)SCc1cccc(CS)c1. The fourth-order valence-electron chi connectivity index (χ4n) is 1.30. The lowest BCUT2D eigenvalue weighted by atomic mass is 10.2. The number of hydrogen-bond acceptors (Lipinski definition) is 2. The fourth-order valence-corrected chi connectivity index (χ4v) is 5.52. The Hall–Kier alpha value is 0.137. The van der Waals surface area contributed by atoms with Crippen molar-refractivity contribution in [1.82, 2.24) is 0 Å². The van der Waals surface area contributed by atoms with E-state index in [1.54, 1.807) is 0 Å². The summed E-state index contributed by atoms with van der Waals surface area (Å²) in [5.41, 5.74) is 2.76. The van der Waals surface area contributed by atoms with Crippen LogP contribution in [0.2, 0.25) is 18.1 Å². The Bertz CT molecular complexity index is 367. The van der Waals surface area contributed by atoms with Gasteiger partial charge in [-0.2, -0.15) is 23.8 Å². The quantitative estimate of drug-likeness (QED) is 0.574. The van der Waals surface area contributed by atoms with Crippen molar-refractivity contribution in [2.24, 2.45) is 0 Å². The second-order valence-electron chi connectivity index (χ2n) is 6.03. The van der Waals surface area contributed by atoms with Gasteiger partial charge in [-0.3, -0.25) is 0 Å². The molecule has 1 aromatic rings. The molecule has 0 saturated heterocycles. The van der Waals surface area contributed by atoms with Crippen molar-refractivity contribution >= 4 is 31.1 Å². The van der Waals surface area contributed by atoms with Crippen LogP contribution in [0.3, 0.4) is 0 Å². The predicted octanol–water partition coefficient (Wildman–Crippen LogP) is 5.35. The van der Waals surface area contributed by atoms with Crippen LogP contribution in [-0.2, 0) is 11.5 Å². The maximum atomic E-state index is 4.33. The Morgan fingerprint density at radius 2 is 1.76 bits per heavy atom. The van der Waals surface area contributed by atoms with Gasteiger partial charge < -0.3 is 0 Å². The third-order valence-corrected chi connectivity index (χ3v) is 13.2. The third-order valence-electron chi connectivity index (χ3n) is 3.58. The van der Waals surface area contributed by atoms with Gasteiger partial charge in [0.15, 0.2) is 0 Å². The van der Waals surface area contributed by atoms with Crippen molar-refractivity contribution in [3.63, 3.8) is 0 Å². The van der Waals surface area contributed by atoms with E-state index in [0.29, 0.717) is 5.04 Å². The van der Waals surface area contributed by atoms with E-state index in [1.807, 2.05) is 0 Å². The van der Waals surface area contributed by atoms with Crippen molar-refractivity contribution in [3.05, 3.63) is 35.4 Å². The van der Waals surface area contributed by atoms with Crippen LogP contribution in [0.15, 0.2) is 24.3 Å². The van der Waals surface area contributed by atoms with Gasteiger partial charge in [0.2, 0.25) is 0 Å². The molecule has 0 aliphatic heterocycles. The minimum atomic E-state index is -1.22. The zero-order valence-electron chi connectivity index (χ0n) is 11.6. The van der Waals surface area contributed by atoms with E-state index < -0.39 is 7.22 Å². The van der Waals surface area contributed by atoms with Crippen LogP contribution in [0, 0.1) is 0 Å².